The fourth-order valence-electron chi connectivity index (χ4n) is 4.20. The Bertz CT molecular complexity index is 827. The Morgan fingerprint density at radius 1 is 1.18 bits per heavy atom. The van der Waals surface area contributed by atoms with Crippen LogP contribution in [0.5, 0.6) is 11.5 Å². The zero-order chi connectivity index (χ0) is 20.1. The van der Waals surface area contributed by atoms with E-state index in [-0.39, 0.29) is 36.1 Å². The van der Waals surface area contributed by atoms with E-state index >= 15 is 0 Å². The maximum atomic E-state index is 13.0. The molecule has 1 aliphatic carbocycles. The summed E-state index contributed by atoms with van der Waals surface area (Å²) in [4.78, 5) is 14.8. The highest BCUT2D eigenvalue weighted by molar-refractivity contribution is 7.91. The third-order valence-corrected chi connectivity index (χ3v) is 7.26. The predicted molar refractivity (Wildman–Crippen MR) is 109 cm³/mol. The third-order valence-electron chi connectivity index (χ3n) is 5.51. The molecule has 154 valence electrons. The minimum absolute atomic E-state index is 0.0661. The van der Waals surface area contributed by atoms with Crippen LogP contribution in [0.4, 0.5) is 0 Å². The van der Waals surface area contributed by atoms with Crippen LogP contribution in [0.15, 0.2) is 24.3 Å². The van der Waals surface area contributed by atoms with Crippen LogP contribution in [0.1, 0.15) is 44.6 Å². The highest BCUT2D eigenvalue weighted by atomic mass is 32.2. The molecule has 2 fully saturated rings. The van der Waals surface area contributed by atoms with Crippen molar-refractivity contribution in [2.24, 2.45) is 0 Å². The van der Waals surface area contributed by atoms with Crippen molar-refractivity contribution in [3.8, 4) is 11.5 Å². The maximum Gasteiger partial charge on any atom is 0.261 e. The number of amides is 1. The van der Waals surface area contributed by atoms with Crippen molar-refractivity contribution in [2.45, 2.75) is 51.1 Å². The SMILES string of the molecule is C/C=C\c1ccc(OCC(=O)N(C2CCCC2)[C@@H]2CCS(=O)(=O)C2)c(OC)c1. The second-order valence-corrected chi connectivity index (χ2v) is 9.72. The van der Waals surface area contributed by atoms with Gasteiger partial charge in [0.05, 0.1) is 18.6 Å². The number of sulfone groups is 1. The number of nitrogens with zero attached hydrogens (tertiary/aromatic N) is 1. The number of hydrogen-bond acceptors (Lipinski definition) is 5. The normalized spacial score (nSPS) is 21.9. The Kier molecular flexibility index (Phi) is 6.65. The van der Waals surface area contributed by atoms with Gasteiger partial charge in [-0.3, -0.25) is 4.79 Å². The van der Waals surface area contributed by atoms with Crippen molar-refractivity contribution in [1.82, 2.24) is 4.90 Å². The van der Waals surface area contributed by atoms with Gasteiger partial charge in [-0.05, 0) is 43.9 Å². The highest BCUT2D eigenvalue weighted by Gasteiger charge is 2.39. The molecule has 1 amide bonds. The molecule has 0 aromatic heterocycles. The van der Waals surface area contributed by atoms with Crippen molar-refractivity contribution < 1.29 is 22.7 Å². The van der Waals surface area contributed by atoms with Gasteiger partial charge in [-0.25, -0.2) is 8.42 Å². The number of ether oxygens (including phenoxy) is 2. The monoisotopic (exact) mass is 407 g/mol. The van der Waals surface area contributed by atoms with E-state index in [0.29, 0.717) is 17.9 Å². The smallest absolute Gasteiger partial charge is 0.261 e. The van der Waals surface area contributed by atoms with Gasteiger partial charge in [-0.2, -0.15) is 0 Å². The quantitative estimate of drug-likeness (QED) is 0.695. The Morgan fingerprint density at radius 3 is 2.54 bits per heavy atom. The van der Waals surface area contributed by atoms with Gasteiger partial charge in [0.25, 0.3) is 5.91 Å². The topological polar surface area (TPSA) is 72.9 Å². The molecule has 28 heavy (non-hydrogen) atoms. The second kappa shape index (κ2) is 8.99. The average molecular weight is 408 g/mol. The number of rotatable bonds is 7. The van der Waals surface area contributed by atoms with Crippen molar-refractivity contribution in [1.29, 1.82) is 0 Å². The summed E-state index contributed by atoms with van der Waals surface area (Å²) >= 11 is 0. The van der Waals surface area contributed by atoms with Crippen LogP contribution in [0.3, 0.4) is 0 Å². The molecule has 1 heterocycles. The van der Waals surface area contributed by atoms with Crippen LogP contribution in [0.2, 0.25) is 0 Å². The largest absolute Gasteiger partial charge is 0.493 e. The summed E-state index contributed by atoms with van der Waals surface area (Å²) in [6.07, 6.45) is 8.44. The summed E-state index contributed by atoms with van der Waals surface area (Å²) in [6, 6.07) is 5.44. The summed E-state index contributed by atoms with van der Waals surface area (Å²) in [7, 11) is -1.49. The molecule has 0 radical (unpaired) electrons. The van der Waals surface area contributed by atoms with Gasteiger partial charge in [-0.1, -0.05) is 31.1 Å². The average Bonchev–Trinajstić information content (AvgIpc) is 3.31. The predicted octanol–water partition coefficient (Wildman–Crippen LogP) is 3.07. The molecule has 1 aliphatic heterocycles. The fraction of sp³-hybridized carbons (Fsp3) is 0.571. The van der Waals surface area contributed by atoms with Crippen molar-refractivity contribution >= 4 is 21.8 Å². The molecule has 0 spiro atoms. The van der Waals surface area contributed by atoms with E-state index in [4.69, 9.17) is 9.47 Å². The molecule has 1 saturated heterocycles. The summed E-state index contributed by atoms with van der Waals surface area (Å²) in [5, 5.41) is 0. The van der Waals surface area contributed by atoms with E-state index in [1.165, 1.54) is 0 Å². The zero-order valence-corrected chi connectivity index (χ0v) is 17.4. The number of hydrogen-bond donors (Lipinski definition) is 0. The van der Waals surface area contributed by atoms with Crippen LogP contribution in [0.25, 0.3) is 6.08 Å². The molecular formula is C21H29NO5S. The first-order valence-electron chi connectivity index (χ1n) is 9.88. The third kappa shape index (κ3) is 4.87. The molecule has 0 unspecified atom stereocenters. The highest BCUT2D eigenvalue weighted by Crippen LogP contribution is 2.31. The molecule has 0 N–H and O–H groups in total. The second-order valence-electron chi connectivity index (χ2n) is 7.50. The minimum atomic E-state index is -3.05. The lowest BCUT2D eigenvalue weighted by Gasteiger charge is -2.34. The van der Waals surface area contributed by atoms with E-state index in [9.17, 15) is 13.2 Å². The lowest BCUT2D eigenvalue weighted by Crippen LogP contribution is -2.48. The molecule has 1 saturated carbocycles. The zero-order valence-electron chi connectivity index (χ0n) is 16.6. The van der Waals surface area contributed by atoms with E-state index < -0.39 is 9.84 Å². The molecule has 1 aromatic carbocycles. The Labute approximate surface area is 167 Å². The standard InChI is InChI=1S/C21H29NO5S/c1-3-6-16-9-10-19(20(13-16)26-2)27-14-21(23)22(17-7-4-5-8-17)18-11-12-28(24,25)15-18/h3,6,9-10,13,17-18H,4-5,7-8,11-12,14-15H2,1-2H3/b6-3-/t18-/m1/s1. The Balaban J connectivity index is 1.72. The van der Waals surface area contributed by atoms with Gasteiger partial charge in [0, 0.05) is 12.1 Å². The van der Waals surface area contributed by atoms with E-state index in [1.807, 2.05) is 31.2 Å². The number of carbonyl (C=O) groups is 1. The molecular weight excluding hydrogens is 378 g/mol. The first-order valence-corrected chi connectivity index (χ1v) is 11.7. The molecule has 1 aromatic rings. The molecule has 7 heteroatoms. The molecule has 2 aliphatic rings. The number of methoxy groups -OCH3 is 1. The van der Waals surface area contributed by atoms with Gasteiger partial charge in [0.1, 0.15) is 0 Å². The lowest BCUT2D eigenvalue weighted by molar-refractivity contribution is -0.137. The van der Waals surface area contributed by atoms with Crippen LogP contribution in [-0.2, 0) is 14.6 Å². The Morgan fingerprint density at radius 2 is 1.93 bits per heavy atom. The van der Waals surface area contributed by atoms with Crippen LogP contribution in [-0.4, -0.2) is 56.5 Å². The minimum Gasteiger partial charge on any atom is -0.493 e. The van der Waals surface area contributed by atoms with Crippen molar-refractivity contribution in [3.05, 3.63) is 29.8 Å². The maximum absolute atomic E-state index is 13.0. The van der Waals surface area contributed by atoms with Crippen LogP contribution in [0, 0.1) is 0 Å². The van der Waals surface area contributed by atoms with Crippen LogP contribution >= 0.6 is 0 Å². The van der Waals surface area contributed by atoms with Crippen molar-refractivity contribution in [3.63, 3.8) is 0 Å². The van der Waals surface area contributed by atoms with Gasteiger partial charge in [0.2, 0.25) is 0 Å². The summed E-state index contributed by atoms with van der Waals surface area (Å²) in [5.74, 6) is 1.16. The first-order chi connectivity index (χ1) is 13.4. The first kappa shape index (κ1) is 20.7. The van der Waals surface area contributed by atoms with Crippen molar-refractivity contribution in [2.75, 3.05) is 25.2 Å². The van der Waals surface area contributed by atoms with Gasteiger partial charge >= 0.3 is 0 Å². The summed E-state index contributed by atoms with van der Waals surface area (Å²) < 4.78 is 35.1. The van der Waals surface area contributed by atoms with Crippen LogP contribution < -0.4 is 9.47 Å². The Hall–Kier alpha value is -2.02. The van der Waals surface area contributed by atoms with Gasteiger partial charge in [-0.15, -0.1) is 0 Å². The van der Waals surface area contributed by atoms with Gasteiger partial charge < -0.3 is 14.4 Å². The molecule has 3 rings (SSSR count). The number of allylic oxidation sites excluding steroid dienone is 1. The fourth-order valence-corrected chi connectivity index (χ4v) is 5.91. The number of benzene rings is 1. The van der Waals surface area contributed by atoms with E-state index in [0.717, 1.165) is 31.2 Å². The molecule has 6 nitrogen and oxygen atoms in total. The summed E-state index contributed by atoms with van der Waals surface area (Å²) in [6.45, 7) is 1.82. The number of carbonyl (C=O) groups excluding carboxylic acids is 1. The van der Waals surface area contributed by atoms with E-state index in [1.54, 1.807) is 18.1 Å². The molecule has 1 atom stereocenters. The summed E-state index contributed by atoms with van der Waals surface area (Å²) in [5.41, 5.74) is 0.988. The van der Waals surface area contributed by atoms with Gasteiger partial charge in [0.15, 0.2) is 27.9 Å². The lowest BCUT2D eigenvalue weighted by atomic mass is 10.1. The molecule has 0 bridgehead atoms. The van der Waals surface area contributed by atoms with E-state index in [2.05, 4.69) is 0 Å².